The average molecular weight is 458 g/mol. The van der Waals surface area contributed by atoms with E-state index in [1.807, 2.05) is 24.3 Å². The van der Waals surface area contributed by atoms with E-state index in [-0.39, 0.29) is 24.3 Å². The zero-order valence-corrected chi connectivity index (χ0v) is 19.3. The highest BCUT2D eigenvalue weighted by Gasteiger charge is 2.30. The van der Waals surface area contributed by atoms with E-state index < -0.39 is 0 Å². The Morgan fingerprint density at radius 1 is 1.16 bits per heavy atom. The van der Waals surface area contributed by atoms with Crippen LogP contribution < -0.4 is 10.1 Å². The molecule has 32 heavy (non-hydrogen) atoms. The fraction of sp³-hybridized carbons (Fsp3) is 0.565. The average Bonchev–Trinajstić information content (AvgIpc) is 3.19. The highest BCUT2D eigenvalue weighted by molar-refractivity contribution is 7.71. The summed E-state index contributed by atoms with van der Waals surface area (Å²) in [5.74, 6) is 1.25. The first kappa shape index (κ1) is 22.5. The third-order valence-electron chi connectivity index (χ3n) is 6.50. The number of likely N-dealkylation sites (tertiary alicyclic amines) is 1. The molecule has 1 aromatic heterocycles. The van der Waals surface area contributed by atoms with E-state index in [0.717, 1.165) is 37.0 Å². The molecule has 1 aromatic carbocycles. The molecule has 2 heterocycles. The summed E-state index contributed by atoms with van der Waals surface area (Å²) in [6.07, 6.45) is 7.40. The Kier molecular flexibility index (Phi) is 7.24. The lowest BCUT2D eigenvalue weighted by atomic mass is 9.93. The monoisotopic (exact) mass is 457 g/mol. The van der Waals surface area contributed by atoms with Crippen molar-refractivity contribution < 1.29 is 14.3 Å². The van der Waals surface area contributed by atoms with Crippen molar-refractivity contribution in [3.63, 3.8) is 0 Å². The first-order valence-corrected chi connectivity index (χ1v) is 11.8. The van der Waals surface area contributed by atoms with Gasteiger partial charge in [0.1, 0.15) is 12.3 Å². The predicted molar refractivity (Wildman–Crippen MR) is 124 cm³/mol. The van der Waals surface area contributed by atoms with Gasteiger partial charge in [0.2, 0.25) is 11.8 Å². The third-order valence-corrected chi connectivity index (χ3v) is 6.81. The Balaban J connectivity index is 1.41. The molecule has 1 atom stereocenters. The smallest absolute Gasteiger partial charge is 0.242 e. The molecule has 2 amide bonds. The van der Waals surface area contributed by atoms with Gasteiger partial charge in [0, 0.05) is 24.7 Å². The fourth-order valence-corrected chi connectivity index (χ4v) is 4.84. The minimum atomic E-state index is -0.145. The van der Waals surface area contributed by atoms with E-state index in [1.54, 1.807) is 16.6 Å². The molecule has 1 aliphatic carbocycles. The molecule has 2 fully saturated rings. The molecule has 0 spiro atoms. The van der Waals surface area contributed by atoms with Gasteiger partial charge in [-0.25, -0.2) is 0 Å². The number of carbonyl (C=O) groups excluding carboxylic acids is 2. The fourth-order valence-electron chi connectivity index (χ4n) is 4.64. The lowest BCUT2D eigenvalue weighted by Gasteiger charge is -2.33. The van der Waals surface area contributed by atoms with Gasteiger partial charge < -0.3 is 15.0 Å². The van der Waals surface area contributed by atoms with Crippen LogP contribution >= 0.6 is 12.2 Å². The van der Waals surface area contributed by atoms with Crippen molar-refractivity contribution >= 4 is 24.0 Å². The van der Waals surface area contributed by atoms with Crippen LogP contribution in [-0.2, 0) is 16.1 Å². The molecule has 8 nitrogen and oxygen atoms in total. The number of aromatic amines is 1. The normalized spacial score (nSPS) is 19.5. The second-order valence-electron chi connectivity index (χ2n) is 8.69. The maximum atomic E-state index is 13.1. The van der Waals surface area contributed by atoms with Crippen LogP contribution in [0.5, 0.6) is 5.75 Å². The van der Waals surface area contributed by atoms with Crippen molar-refractivity contribution in [1.82, 2.24) is 25.0 Å². The number of carbonyl (C=O) groups is 2. The van der Waals surface area contributed by atoms with Gasteiger partial charge in [-0.3, -0.25) is 19.3 Å². The van der Waals surface area contributed by atoms with Crippen LogP contribution in [0.4, 0.5) is 0 Å². The molecule has 1 unspecified atom stereocenters. The maximum Gasteiger partial charge on any atom is 0.242 e. The van der Waals surface area contributed by atoms with E-state index in [0.29, 0.717) is 29.7 Å². The van der Waals surface area contributed by atoms with Gasteiger partial charge in [-0.2, -0.15) is 5.10 Å². The van der Waals surface area contributed by atoms with Gasteiger partial charge in [0.15, 0.2) is 10.6 Å². The minimum absolute atomic E-state index is 0.0487. The van der Waals surface area contributed by atoms with Crippen LogP contribution in [0, 0.1) is 10.7 Å². The number of methoxy groups -OCH3 is 1. The molecule has 2 N–H and O–H groups in total. The number of aromatic nitrogens is 3. The molecule has 0 bridgehead atoms. The van der Waals surface area contributed by atoms with Crippen molar-refractivity contribution in [2.45, 2.75) is 57.5 Å². The van der Waals surface area contributed by atoms with Gasteiger partial charge in [0.25, 0.3) is 0 Å². The summed E-state index contributed by atoms with van der Waals surface area (Å²) in [5.41, 5.74) is 0.842. The number of rotatable bonds is 6. The van der Waals surface area contributed by atoms with E-state index in [1.165, 1.54) is 19.3 Å². The summed E-state index contributed by atoms with van der Waals surface area (Å²) in [6, 6.07) is 7.76. The van der Waals surface area contributed by atoms with Crippen molar-refractivity contribution in [3.05, 3.63) is 29.0 Å². The lowest BCUT2D eigenvalue weighted by Crippen LogP contribution is -2.48. The van der Waals surface area contributed by atoms with Gasteiger partial charge in [-0.15, -0.1) is 0 Å². The Hall–Kier alpha value is -2.68. The Bertz CT molecular complexity index is 994. The van der Waals surface area contributed by atoms with E-state index in [4.69, 9.17) is 17.0 Å². The first-order chi connectivity index (χ1) is 15.5. The largest absolute Gasteiger partial charge is 0.497 e. The number of benzene rings is 1. The molecular formula is C23H31N5O3S. The van der Waals surface area contributed by atoms with E-state index >= 15 is 0 Å². The molecule has 172 valence electrons. The zero-order valence-electron chi connectivity index (χ0n) is 18.5. The summed E-state index contributed by atoms with van der Waals surface area (Å²) in [6.45, 7) is 1.21. The number of hydrogen-bond donors (Lipinski definition) is 2. The summed E-state index contributed by atoms with van der Waals surface area (Å²) >= 11 is 5.38. The summed E-state index contributed by atoms with van der Waals surface area (Å²) in [7, 11) is 1.62. The Morgan fingerprint density at radius 3 is 2.62 bits per heavy atom. The number of amides is 2. The number of ether oxygens (including phenoxy) is 1. The molecule has 2 aromatic rings. The predicted octanol–water partition coefficient (Wildman–Crippen LogP) is 3.30. The second kappa shape index (κ2) is 10.3. The van der Waals surface area contributed by atoms with Crippen LogP contribution in [0.15, 0.2) is 24.3 Å². The van der Waals surface area contributed by atoms with Crippen LogP contribution in [0.1, 0.15) is 44.9 Å². The zero-order chi connectivity index (χ0) is 22.5. The first-order valence-electron chi connectivity index (χ1n) is 11.4. The van der Waals surface area contributed by atoms with Crippen molar-refractivity contribution in [2.24, 2.45) is 5.92 Å². The van der Waals surface area contributed by atoms with Crippen LogP contribution in [0.2, 0.25) is 0 Å². The van der Waals surface area contributed by atoms with Crippen molar-refractivity contribution in [2.75, 3.05) is 20.2 Å². The lowest BCUT2D eigenvalue weighted by molar-refractivity contribution is -0.136. The highest BCUT2D eigenvalue weighted by atomic mass is 32.1. The van der Waals surface area contributed by atoms with Gasteiger partial charge >= 0.3 is 0 Å². The Labute approximate surface area is 193 Å². The summed E-state index contributed by atoms with van der Waals surface area (Å²) in [4.78, 5) is 27.7. The molecule has 4 rings (SSSR count). The van der Waals surface area contributed by atoms with Gasteiger partial charge in [0.05, 0.1) is 13.0 Å². The van der Waals surface area contributed by atoms with E-state index in [2.05, 4.69) is 15.5 Å². The topological polar surface area (TPSA) is 92.2 Å². The number of H-pyrrole nitrogens is 1. The molecule has 0 radical (unpaired) electrons. The maximum absolute atomic E-state index is 13.1. The number of hydrogen-bond acceptors (Lipinski definition) is 5. The molecule has 1 saturated carbocycles. The minimum Gasteiger partial charge on any atom is -0.497 e. The van der Waals surface area contributed by atoms with Crippen LogP contribution in [-0.4, -0.2) is 57.7 Å². The van der Waals surface area contributed by atoms with Crippen LogP contribution in [0.3, 0.4) is 0 Å². The standard InChI is InChI=1S/C23H31N5O3S/c1-31-19-11-9-16(10-12-19)21-25-26-23(32)28(21)15-20(29)27-13-5-6-17(14-27)22(30)24-18-7-3-2-4-8-18/h9-12,17-18H,2-8,13-15H2,1H3,(H,24,30)(H,26,32). The molecule has 1 saturated heterocycles. The highest BCUT2D eigenvalue weighted by Crippen LogP contribution is 2.23. The summed E-state index contributed by atoms with van der Waals surface area (Å²) < 4.78 is 7.32. The number of nitrogens with one attached hydrogen (secondary N) is 2. The van der Waals surface area contributed by atoms with E-state index in [9.17, 15) is 9.59 Å². The van der Waals surface area contributed by atoms with Crippen molar-refractivity contribution in [1.29, 1.82) is 0 Å². The van der Waals surface area contributed by atoms with Gasteiger partial charge in [-0.1, -0.05) is 19.3 Å². The summed E-state index contributed by atoms with van der Waals surface area (Å²) in [5, 5.41) is 10.3. The SMILES string of the molecule is COc1ccc(-c2n[nH]c(=S)n2CC(=O)N2CCCC(C(=O)NC3CCCCC3)C2)cc1. The Morgan fingerprint density at radius 2 is 1.91 bits per heavy atom. The third kappa shape index (κ3) is 5.20. The van der Waals surface area contributed by atoms with Gasteiger partial charge in [-0.05, 0) is 62.2 Å². The molecule has 9 heteroatoms. The second-order valence-corrected chi connectivity index (χ2v) is 9.08. The molecule has 2 aliphatic rings. The number of piperidine rings is 1. The van der Waals surface area contributed by atoms with Crippen LogP contribution in [0.25, 0.3) is 11.4 Å². The molecular weight excluding hydrogens is 426 g/mol. The van der Waals surface area contributed by atoms with Crippen molar-refractivity contribution in [3.8, 4) is 17.1 Å². The number of nitrogens with zero attached hydrogens (tertiary/aromatic N) is 3. The molecule has 1 aliphatic heterocycles. The quantitative estimate of drug-likeness (QED) is 0.650.